The Labute approximate surface area is 193 Å². The maximum atomic E-state index is 13.0. The summed E-state index contributed by atoms with van der Waals surface area (Å²) in [5.41, 5.74) is 6.66. The van der Waals surface area contributed by atoms with Gasteiger partial charge < -0.3 is 9.30 Å². The van der Waals surface area contributed by atoms with E-state index in [1.165, 1.54) is 31.9 Å². The van der Waals surface area contributed by atoms with Gasteiger partial charge in [-0.1, -0.05) is 49.6 Å². The third-order valence-corrected chi connectivity index (χ3v) is 7.01. The number of carbonyl (C=O) groups is 2. The molecule has 2 heterocycles. The molecule has 1 aromatic heterocycles. The van der Waals surface area contributed by atoms with E-state index < -0.39 is 0 Å². The SMILES string of the molecule is COC(=O)c1ccc2c(C3CCCCC3)c3n(c2c1)CC(C(=O)N(C)N)=Cc1ccccc1-3. The van der Waals surface area contributed by atoms with Gasteiger partial charge in [0.05, 0.1) is 24.9 Å². The zero-order valence-electron chi connectivity index (χ0n) is 19.1. The van der Waals surface area contributed by atoms with Gasteiger partial charge in [0, 0.05) is 29.1 Å². The lowest BCUT2D eigenvalue weighted by Gasteiger charge is -2.24. The number of aromatic nitrogens is 1. The largest absolute Gasteiger partial charge is 0.465 e. The molecule has 0 unspecified atom stereocenters. The van der Waals surface area contributed by atoms with Gasteiger partial charge in [0.1, 0.15) is 0 Å². The average Bonchev–Trinajstić information content (AvgIpc) is 3.05. The lowest BCUT2D eigenvalue weighted by atomic mass is 9.81. The van der Waals surface area contributed by atoms with Crippen LogP contribution in [-0.4, -0.2) is 35.6 Å². The molecule has 1 saturated carbocycles. The number of ether oxygens (including phenoxy) is 1. The van der Waals surface area contributed by atoms with Crippen LogP contribution in [0, 0.1) is 0 Å². The monoisotopic (exact) mass is 443 g/mol. The molecular formula is C27H29N3O3. The molecule has 0 bridgehead atoms. The first-order valence-electron chi connectivity index (χ1n) is 11.6. The topological polar surface area (TPSA) is 77.6 Å². The highest BCUT2D eigenvalue weighted by atomic mass is 16.5. The quantitative estimate of drug-likeness (QED) is 0.271. The van der Waals surface area contributed by atoms with Crippen LogP contribution in [0.1, 0.15) is 59.5 Å². The van der Waals surface area contributed by atoms with Gasteiger partial charge in [-0.25, -0.2) is 10.6 Å². The Balaban J connectivity index is 1.83. The van der Waals surface area contributed by atoms with E-state index in [0.29, 0.717) is 23.6 Å². The van der Waals surface area contributed by atoms with Crippen molar-refractivity contribution in [3.63, 3.8) is 0 Å². The number of hydrazine groups is 1. The number of benzene rings is 2. The Morgan fingerprint density at radius 1 is 1.09 bits per heavy atom. The second kappa shape index (κ2) is 8.52. The molecule has 6 heteroatoms. The summed E-state index contributed by atoms with van der Waals surface area (Å²) < 4.78 is 7.19. The molecule has 1 aliphatic carbocycles. The van der Waals surface area contributed by atoms with Gasteiger partial charge in [-0.2, -0.15) is 0 Å². The van der Waals surface area contributed by atoms with E-state index in [9.17, 15) is 9.59 Å². The number of amides is 1. The third-order valence-electron chi connectivity index (χ3n) is 7.01. The van der Waals surface area contributed by atoms with Crippen LogP contribution in [-0.2, 0) is 16.1 Å². The van der Waals surface area contributed by atoms with E-state index in [1.54, 1.807) is 7.05 Å². The highest BCUT2D eigenvalue weighted by Gasteiger charge is 2.30. The summed E-state index contributed by atoms with van der Waals surface area (Å²) in [6.07, 6.45) is 7.97. The summed E-state index contributed by atoms with van der Waals surface area (Å²) in [4.78, 5) is 25.3. The van der Waals surface area contributed by atoms with Crippen LogP contribution < -0.4 is 5.84 Å². The molecule has 1 fully saturated rings. The molecule has 0 spiro atoms. The standard InChI is InChI=1S/C27H29N3O3/c1-29(28)26(31)20-14-18-10-6-7-11-21(18)25-24(17-8-4-3-5-9-17)22-13-12-19(27(32)33-2)15-23(22)30(25)16-20/h6-7,10-15,17H,3-5,8-9,16,28H2,1-2H3. The number of rotatable bonds is 3. The fraction of sp³-hybridized carbons (Fsp3) is 0.333. The number of hydrogen-bond acceptors (Lipinski definition) is 4. The molecule has 5 rings (SSSR count). The molecule has 0 atom stereocenters. The Morgan fingerprint density at radius 2 is 1.85 bits per heavy atom. The van der Waals surface area contributed by atoms with Gasteiger partial charge in [0.15, 0.2) is 0 Å². The summed E-state index contributed by atoms with van der Waals surface area (Å²) in [6, 6.07) is 14.0. The van der Waals surface area contributed by atoms with Gasteiger partial charge in [-0.3, -0.25) is 9.80 Å². The van der Waals surface area contributed by atoms with E-state index in [1.807, 2.05) is 30.3 Å². The zero-order chi connectivity index (χ0) is 23.1. The molecule has 0 radical (unpaired) electrons. The number of methoxy groups -OCH3 is 1. The fourth-order valence-corrected chi connectivity index (χ4v) is 5.48. The average molecular weight is 444 g/mol. The lowest BCUT2D eigenvalue weighted by molar-refractivity contribution is -0.126. The minimum atomic E-state index is -0.366. The van der Waals surface area contributed by atoms with Crippen molar-refractivity contribution >= 4 is 28.9 Å². The summed E-state index contributed by atoms with van der Waals surface area (Å²) in [6.45, 7) is 0.387. The lowest BCUT2D eigenvalue weighted by Crippen LogP contribution is -2.35. The Bertz CT molecular complexity index is 1280. The summed E-state index contributed by atoms with van der Waals surface area (Å²) in [5.74, 6) is 5.71. The number of nitrogens with two attached hydrogens (primary N) is 1. The van der Waals surface area contributed by atoms with Gasteiger partial charge in [-0.05, 0) is 48.1 Å². The predicted octanol–water partition coefficient (Wildman–Crippen LogP) is 4.87. The second-order valence-electron chi connectivity index (χ2n) is 9.08. The van der Waals surface area contributed by atoms with E-state index >= 15 is 0 Å². The normalized spacial score (nSPS) is 15.9. The van der Waals surface area contributed by atoms with Crippen molar-refractivity contribution in [1.82, 2.24) is 9.58 Å². The van der Waals surface area contributed by atoms with Crippen molar-refractivity contribution in [1.29, 1.82) is 0 Å². The molecule has 2 aliphatic rings. The van der Waals surface area contributed by atoms with Gasteiger partial charge in [0.2, 0.25) is 0 Å². The van der Waals surface area contributed by atoms with Crippen molar-refractivity contribution in [2.24, 2.45) is 5.84 Å². The van der Waals surface area contributed by atoms with E-state index in [2.05, 4.69) is 22.8 Å². The number of esters is 1. The number of fused-ring (bicyclic) bond motifs is 5. The third kappa shape index (κ3) is 3.64. The summed E-state index contributed by atoms with van der Waals surface area (Å²) >= 11 is 0. The minimum Gasteiger partial charge on any atom is -0.465 e. The minimum absolute atomic E-state index is 0.220. The number of likely N-dealkylation sites (N-methyl/N-ethyl adjacent to an activating group) is 1. The van der Waals surface area contributed by atoms with Crippen LogP contribution >= 0.6 is 0 Å². The second-order valence-corrected chi connectivity index (χ2v) is 9.08. The van der Waals surface area contributed by atoms with Crippen LogP contribution in [0.3, 0.4) is 0 Å². The van der Waals surface area contributed by atoms with Crippen LogP contribution in [0.5, 0.6) is 0 Å². The molecule has 6 nitrogen and oxygen atoms in total. The summed E-state index contributed by atoms with van der Waals surface area (Å²) in [5, 5.41) is 2.28. The molecule has 1 aliphatic heterocycles. The Hall–Kier alpha value is -3.38. The van der Waals surface area contributed by atoms with Gasteiger partial charge in [-0.15, -0.1) is 0 Å². The predicted molar refractivity (Wildman–Crippen MR) is 129 cm³/mol. The number of nitrogens with zero attached hydrogens (tertiary/aromatic N) is 2. The fourth-order valence-electron chi connectivity index (χ4n) is 5.48. The van der Waals surface area contributed by atoms with Crippen LogP contribution in [0.4, 0.5) is 0 Å². The van der Waals surface area contributed by atoms with Crippen LogP contribution in [0.25, 0.3) is 28.2 Å². The molecule has 2 N–H and O–H groups in total. The van der Waals surface area contributed by atoms with Crippen molar-refractivity contribution in [3.8, 4) is 11.3 Å². The van der Waals surface area contributed by atoms with Crippen LogP contribution in [0.2, 0.25) is 0 Å². The maximum Gasteiger partial charge on any atom is 0.337 e. The highest BCUT2D eigenvalue weighted by Crippen LogP contribution is 2.46. The van der Waals surface area contributed by atoms with E-state index in [0.717, 1.165) is 45.6 Å². The Morgan fingerprint density at radius 3 is 2.58 bits per heavy atom. The first-order valence-corrected chi connectivity index (χ1v) is 11.6. The highest BCUT2D eigenvalue weighted by molar-refractivity contribution is 6.03. The molecular weight excluding hydrogens is 414 g/mol. The first-order chi connectivity index (χ1) is 16.0. The van der Waals surface area contributed by atoms with Crippen molar-refractivity contribution in [2.75, 3.05) is 14.2 Å². The number of carbonyl (C=O) groups excluding carboxylic acids is 2. The molecule has 2 aromatic carbocycles. The van der Waals surface area contributed by atoms with Crippen LogP contribution in [0.15, 0.2) is 48.0 Å². The maximum absolute atomic E-state index is 13.0. The van der Waals surface area contributed by atoms with E-state index in [4.69, 9.17) is 10.6 Å². The van der Waals surface area contributed by atoms with Gasteiger partial charge >= 0.3 is 5.97 Å². The van der Waals surface area contributed by atoms with Gasteiger partial charge in [0.25, 0.3) is 5.91 Å². The van der Waals surface area contributed by atoms with Crippen molar-refractivity contribution < 1.29 is 14.3 Å². The molecule has 1 amide bonds. The summed E-state index contributed by atoms with van der Waals surface area (Å²) in [7, 11) is 2.96. The zero-order valence-corrected chi connectivity index (χ0v) is 19.1. The van der Waals surface area contributed by atoms with Crippen molar-refractivity contribution in [3.05, 3.63) is 64.7 Å². The smallest absolute Gasteiger partial charge is 0.337 e. The van der Waals surface area contributed by atoms with Crippen molar-refractivity contribution in [2.45, 2.75) is 44.6 Å². The van der Waals surface area contributed by atoms with E-state index in [-0.39, 0.29) is 11.9 Å². The Kier molecular flexibility index (Phi) is 5.54. The molecule has 33 heavy (non-hydrogen) atoms. The number of hydrogen-bond donors (Lipinski definition) is 1. The molecule has 3 aromatic rings. The molecule has 170 valence electrons. The molecule has 0 saturated heterocycles. The first kappa shape index (κ1) is 21.5.